The Hall–Kier alpha value is -2.30. The van der Waals surface area contributed by atoms with Crippen LogP contribution in [0.3, 0.4) is 0 Å². The van der Waals surface area contributed by atoms with Crippen LogP contribution in [-0.2, 0) is 0 Å². The van der Waals surface area contributed by atoms with Crippen LogP contribution in [0.5, 0.6) is 5.75 Å². The van der Waals surface area contributed by atoms with Crippen LogP contribution in [0.1, 0.15) is 41.4 Å². The minimum absolute atomic E-state index is 0.194. The molecule has 0 saturated heterocycles. The molecule has 0 radical (unpaired) electrons. The minimum Gasteiger partial charge on any atom is -0.494 e. The maximum absolute atomic E-state index is 11.1. The van der Waals surface area contributed by atoms with Crippen LogP contribution in [0.4, 0.5) is 0 Å². The second-order valence-corrected chi connectivity index (χ2v) is 4.95. The number of aromatic nitrogens is 2. The fourth-order valence-corrected chi connectivity index (χ4v) is 2.09. The van der Waals surface area contributed by atoms with Crippen molar-refractivity contribution in [2.75, 3.05) is 7.11 Å². The number of rotatable bonds is 4. The number of carboxylic acid groups (broad SMARTS) is 1. The van der Waals surface area contributed by atoms with E-state index in [1.807, 2.05) is 18.2 Å². The molecule has 1 aromatic carbocycles. The first kappa shape index (κ1) is 14.1. The third kappa shape index (κ3) is 2.39. The van der Waals surface area contributed by atoms with Gasteiger partial charge in [-0.3, -0.25) is 0 Å². The van der Waals surface area contributed by atoms with Crippen molar-refractivity contribution in [2.45, 2.75) is 26.7 Å². The summed E-state index contributed by atoms with van der Waals surface area (Å²) in [6.45, 7) is 5.94. The Kier molecular flexibility index (Phi) is 3.79. The maximum atomic E-state index is 11.1. The molecule has 0 aliphatic heterocycles. The zero-order chi connectivity index (χ0) is 14.9. The van der Waals surface area contributed by atoms with Gasteiger partial charge in [0.2, 0.25) is 0 Å². The lowest BCUT2D eigenvalue weighted by Crippen LogP contribution is -2.05. The highest BCUT2D eigenvalue weighted by atomic mass is 16.5. The van der Waals surface area contributed by atoms with Gasteiger partial charge in [0.25, 0.3) is 0 Å². The van der Waals surface area contributed by atoms with Crippen molar-refractivity contribution in [2.24, 2.45) is 0 Å². The van der Waals surface area contributed by atoms with E-state index in [1.165, 1.54) is 6.20 Å². The molecule has 0 saturated carbocycles. The molecule has 5 nitrogen and oxygen atoms in total. The molecule has 0 aliphatic carbocycles. The van der Waals surface area contributed by atoms with Gasteiger partial charge in [-0.05, 0) is 30.5 Å². The van der Waals surface area contributed by atoms with Crippen LogP contribution in [0, 0.1) is 6.92 Å². The molecule has 0 atom stereocenters. The first-order valence-corrected chi connectivity index (χ1v) is 6.42. The normalized spacial score (nSPS) is 10.8. The lowest BCUT2D eigenvalue weighted by Gasteiger charge is -2.13. The molecule has 106 valence electrons. The summed E-state index contributed by atoms with van der Waals surface area (Å²) in [5.41, 5.74) is 2.67. The molecule has 2 aromatic rings. The largest absolute Gasteiger partial charge is 0.494 e. The summed E-state index contributed by atoms with van der Waals surface area (Å²) in [6.07, 6.45) is 1.35. The van der Waals surface area contributed by atoms with Gasteiger partial charge in [0, 0.05) is 0 Å². The van der Waals surface area contributed by atoms with E-state index in [4.69, 9.17) is 9.84 Å². The van der Waals surface area contributed by atoms with Gasteiger partial charge in [-0.25, -0.2) is 9.48 Å². The monoisotopic (exact) mass is 274 g/mol. The molecule has 20 heavy (non-hydrogen) atoms. The summed E-state index contributed by atoms with van der Waals surface area (Å²) in [5, 5.41) is 13.2. The Bertz CT molecular complexity index is 645. The van der Waals surface area contributed by atoms with Gasteiger partial charge in [0.1, 0.15) is 17.0 Å². The molecule has 2 rings (SSSR count). The molecule has 0 aliphatic rings. The lowest BCUT2D eigenvalue weighted by atomic mass is 10.0. The number of methoxy groups -OCH3 is 1. The molecule has 0 bridgehead atoms. The number of carboxylic acids is 1. The Morgan fingerprint density at radius 2 is 2.10 bits per heavy atom. The highest BCUT2D eigenvalue weighted by Gasteiger charge is 2.16. The van der Waals surface area contributed by atoms with Gasteiger partial charge in [-0.2, -0.15) is 5.10 Å². The van der Waals surface area contributed by atoms with Crippen molar-refractivity contribution in [1.82, 2.24) is 9.78 Å². The van der Waals surface area contributed by atoms with Crippen molar-refractivity contribution < 1.29 is 14.6 Å². The van der Waals surface area contributed by atoms with E-state index in [0.717, 1.165) is 11.3 Å². The van der Waals surface area contributed by atoms with Crippen LogP contribution in [0.25, 0.3) is 5.69 Å². The zero-order valence-corrected chi connectivity index (χ0v) is 12.0. The second kappa shape index (κ2) is 5.36. The maximum Gasteiger partial charge on any atom is 0.339 e. The van der Waals surface area contributed by atoms with Gasteiger partial charge in [0.15, 0.2) is 0 Å². The predicted molar refractivity (Wildman–Crippen MR) is 75.9 cm³/mol. The number of aromatic carboxylic acids is 1. The molecule has 1 aromatic heterocycles. The highest BCUT2D eigenvalue weighted by molar-refractivity contribution is 5.88. The van der Waals surface area contributed by atoms with Crippen molar-refractivity contribution in [1.29, 1.82) is 0 Å². The van der Waals surface area contributed by atoms with E-state index >= 15 is 0 Å². The molecule has 0 spiro atoms. The summed E-state index contributed by atoms with van der Waals surface area (Å²) >= 11 is 0. The average Bonchev–Trinajstić information content (AvgIpc) is 2.79. The van der Waals surface area contributed by atoms with Gasteiger partial charge < -0.3 is 9.84 Å². The molecule has 0 amide bonds. The summed E-state index contributed by atoms with van der Waals surface area (Å²) in [4.78, 5) is 11.1. The average molecular weight is 274 g/mol. The van der Waals surface area contributed by atoms with Crippen molar-refractivity contribution in [3.05, 3.63) is 41.2 Å². The number of nitrogens with zero attached hydrogens (tertiary/aromatic N) is 2. The van der Waals surface area contributed by atoms with E-state index in [1.54, 1.807) is 18.7 Å². The second-order valence-electron chi connectivity index (χ2n) is 4.95. The fraction of sp³-hybridized carbons (Fsp3) is 0.333. The van der Waals surface area contributed by atoms with Gasteiger partial charge >= 0.3 is 5.97 Å². The van der Waals surface area contributed by atoms with Crippen LogP contribution in [0.2, 0.25) is 0 Å². The number of carbonyl (C=O) groups is 1. The van der Waals surface area contributed by atoms with E-state index in [0.29, 0.717) is 17.4 Å². The number of hydrogen-bond acceptors (Lipinski definition) is 3. The quantitative estimate of drug-likeness (QED) is 0.930. The van der Waals surface area contributed by atoms with Crippen LogP contribution in [-0.4, -0.2) is 28.0 Å². The van der Waals surface area contributed by atoms with Crippen molar-refractivity contribution >= 4 is 5.97 Å². The number of ether oxygens (including phenoxy) is 1. The van der Waals surface area contributed by atoms with Gasteiger partial charge in [-0.15, -0.1) is 0 Å². The lowest BCUT2D eigenvalue weighted by molar-refractivity contribution is 0.0696. The van der Waals surface area contributed by atoms with Crippen LogP contribution >= 0.6 is 0 Å². The Labute approximate surface area is 117 Å². The van der Waals surface area contributed by atoms with Crippen molar-refractivity contribution in [3.63, 3.8) is 0 Å². The smallest absolute Gasteiger partial charge is 0.339 e. The molecule has 1 heterocycles. The third-order valence-electron chi connectivity index (χ3n) is 3.34. The molecule has 1 N–H and O–H groups in total. The minimum atomic E-state index is -0.980. The zero-order valence-electron chi connectivity index (χ0n) is 12.0. The number of benzene rings is 1. The first-order valence-electron chi connectivity index (χ1n) is 6.42. The molecular weight excluding hydrogens is 256 g/mol. The summed E-state index contributed by atoms with van der Waals surface area (Å²) in [5.74, 6) is 0.0945. The van der Waals surface area contributed by atoms with E-state index < -0.39 is 5.97 Å². The summed E-state index contributed by atoms with van der Waals surface area (Å²) in [7, 11) is 1.60. The highest BCUT2D eigenvalue weighted by Crippen LogP contribution is 2.28. The Balaban J connectivity index is 2.55. The Morgan fingerprint density at radius 1 is 1.40 bits per heavy atom. The summed E-state index contributed by atoms with van der Waals surface area (Å²) in [6, 6.07) is 5.87. The molecule has 0 fully saturated rings. The van der Waals surface area contributed by atoms with Gasteiger partial charge in [-0.1, -0.05) is 19.9 Å². The fourth-order valence-electron chi connectivity index (χ4n) is 2.09. The molecule has 0 unspecified atom stereocenters. The Morgan fingerprint density at radius 3 is 2.60 bits per heavy atom. The topological polar surface area (TPSA) is 64.4 Å². The third-order valence-corrected chi connectivity index (χ3v) is 3.34. The van der Waals surface area contributed by atoms with E-state index in [2.05, 4.69) is 18.9 Å². The van der Waals surface area contributed by atoms with Crippen molar-refractivity contribution in [3.8, 4) is 11.4 Å². The standard InChI is InChI=1S/C15H18N2O3/c1-9(2)11-5-6-13(14(7-11)20-4)17-10(3)12(8-16-17)15(18)19/h5-9H,1-4H3,(H,18,19). The first-order chi connectivity index (χ1) is 9.45. The van der Waals surface area contributed by atoms with Crippen LogP contribution < -0.4 is 4.74 Å². The van der Waals surface area contributed by atoms with E-state index in [-0.39, 0.29) is 5.56 Å². The van der Waals surface area contributed by atoms with Gasteiger partial charge in [0.05, 0.1) is 19.0 Å². The SMILES string of the molecule is COc1cc(C(C)C)ccc1-n1ncc(C(=O)O)c1C. The molecular formula is C15H18N2O3. The number of hydrogen-bond donors (Lipinski definition) is 1. The molecule has 5 heteroatoms. The van der Waals surface area contributed by atoms with Crippen LogP contribution in [0.15, 0.2) is 24.4 Å². The van der Waals surface area contributed by atoms with E-state index in [9.17, 15) is 4.79 Å². The predicted octanol–water partition coefficient (Wildman–Crippen LogP) is 3.01. The summed E-state index contributed by atoms with van der Waals surface area (Å²) < 4.78 is 7.00.